The molecular weight excluding hydrogens is 144 g/mol. The molecule has 1 unspecified atom stereocenters. The SMILES string of the molecule is C#CCC(C)NC(=S)NC. The first kappa shape index (κ1) is 9.25. The van der Waals surface area contributed by atoms with Crippen LogP contribution in [0.1, 0.15) is 13.3 Å². The van der Waals surface area contributed by atoms with E-state index in [0.717, 1.165) is 0 Å². The topological polar surface area (TPSA) is 24.1 Å². The average molecular weight is 156 g/mol. The maximum Gasteiger partial charge on any atom is 0.166 e. The van der Waals surface area contributed by atoms with Gasteiger partial charge in [0.15, 0.2) is 5.11 Å². The molecule has 2 N–H and O–H groups in total. The zero-order valence-electron chi connectivity index (χ0n) is 6.27. The predicted molar refractivity (Wildman–Crippen MR) is 47.7 cm³/mol. The second-order valence-corrected chi connectivity index (χ2v) is 2.44. The molecule has 0 aromatic heterocycles. The van der Waals surface area contributed by atoms with E-state index in [-0.39, 0.29) is 6.04 Å². The molecule has 0 aliphatic carbocycles. The van der Waals surface area contributed by atoms with Gasteiger partial charge in [-0.3, -0.25) is 0 Å². The van der Waals surface area contributed by atoms with Gasteiger partial charge >= 0.3 is 0 Å². The Bertz CT molecular complexity index is 148. The molecule has 0 aromatic carbocycles. The van der Waals surface area contributed by atoms with Crippen molar-refractivity contribution in [2.24, 2.45) is 0 Å². The molecule has 0 heterocycles. The minimum absolute atomic E-state index is 0.255. The Morgan fingerprint density at radius 1 is 1.80 bits per heavy atom. The summed E-state index contributed by atoms with van der Waals surface area (Å²) in [5, 5.41) is 6.46. The third-order valence-electron chi connectivity index (χ3n) is 1.03. The molecule has 0 rings (SSSR count). The van der Waals surface area contributed by atoms with Gasteiger partial charge in [0.25, 0.3) is 0 Å². The summed E-state index contributed by atoms with van der Waals surface area (Å²) in [6, 6.07) is 0.255. The van der Waals surface area contributed by atoms with Gasteiger partial charge in [-0.1, -0.05) is 0 Å². The van der Waals surface area contributed by atoms with Crippen LogP contribution < -0.4 is 10.6 Å². The highest BCUT2D eigenvalue weighted by molar-refractivity contribution is 7.80. The van der Waals surface area contributed by atoms with Crippen LogP contribution in [0.3, 0.4) is 0 Å². The highest BCUT2D eigenvalue weighted by Crippen LogP contribution is 1.86. The third kappa shape index (κ3) is 4.16. The molecule has 0 radical (unpaired) electrons. The average Bonchev–Trinajstić information content (AvgIpc) is 1.88. The fourth-order valence-corrected chi connectivity index (χ4v) is 0.725. The van der Waals surface area contributed by atoms with Crippen molar-refractivity contribution in [2.75, 3.05) is 7.05 Å². The first-order chi connectivity index (χ1) is 4.70. The van der Waals surface area contributed by atoms with Crippen molar-refractivity contribution in [1.82, 2.24) is 10.6 Å². The van der Waals surface area contributed by atoms with Crippen LogP contribution in [0.2, 0.25) is 0 Å². The molecule has 0 fully saturated rings. The smallest absolute Gasteiger partial charge is 0.166 e. The van der Waals surface area contributed by atoms with Crippen LogP contribution in [-0.2, 0) is 0 Å². The molecule has 0 aromatic rings. The van der Waals surface area contributed by atoms with E-state index >= 15 is 0 Å². The van der Waals surface area contributed by atoms with E-state index < -0.39 is 0 Å². The Labute approximate surface area is 67.4 Å². The van der Waals surface area contributed by atoms with Gasteiger partial charge in [-0.25, -0.2) is 0 Å². The quantitative estimate of drug-likeness (QED) is 0.449. The summed E-state index contributed by atoms with van der Waals surface area (Å²) < 4.78 is 0. The van der Waals surface area contributed by atoms with Gasteiger partial charge in [-0.15, -0.1) is 12.3 Å². The molecule has 10 heavy (non-hydrogen) atoms. The van der Waals surface area contributed by atoms with E-state index in [2.05, 4.69) is 16.6 Å². The minimum Gasteiger partial charge on any atom is -0.366 e. The molecule has 0 aliphatic rings. The number of terminal acetylenes is 1. The molecule has 0 spiro atoms. The van der Waals surface area contributed by atoms with Gasteiger partial charge in [0.05, 0.1) is 0 Å². The Morgan fingerprint density at radius 3 is 2.80 bits per heavy atom. The second-order valence-electron chi connectivity index (χ2n) is 2.03. The summed E-state index contributed by atoms with van der Waals surface area (Å²) in [4.78, 5) is 0. The first-order valence-corrected chi connectivity index (χ1v) is 3.53. The van der Waals surface area contributed by atoms with Crippen molar-refractivity contribution in [3.05, 3.63) is 0 Å². The first-order valence-electron chi connectivity index (χ1n) is 3.12. The number of hydrogen-bond acceptors (Lipinski definition) is 1. The molecule has 56 valence electrons. The summed E-state index contributed by atoms with van der Waals surface area (Å²) in [5.41, 5.74) is 0. The fourth-order valence-electron chi connectivity index (χ4n) is 0.524. The molecule has 0 saturated carbocycles. The lowest BCUT2D eigenvalue weighted by molar-refractivity contribution is 0.679. The molecule has 0 saturated heterocycles. The number of rotatable bonds is 2. The summed E-state index contributed by atoms with van der Waals surface area (Å²) in [5.74, 6) is 2.55. The van der Waals surface area contributed by atoms with Gasteiger partial charge < -0.3 is 10.6 Å². The van der Waals surface area contributed by atoms with Crippen LogP contribution in [0, 0.1) is 12.3 Å². The molecule has 0 bridgehead atoms. The number of thiocarbonyl (C=S) groups is 1. The lowest BCUT2D eigenvalue weighted by Crippen LogP contribution is -2.38. The van der Waals surface area contributed by atoms with Gasteiger partial charge in [0.1, 0.15) is 0 Å². The highest BCUT2D eigenvalue weighted by atomic mass is 32.1. The highest BCUT2D eigenvalue weighted by Gasteiger charge is 1.98. The van der Waals surface area contributed by atoms with Gasteiger partial charge in [0, 0.05) is 19.5 Å². The Kier molecular flexibility index (Phi) is 4.69. The van der Waals surface area contributed by atoms with Crippen molar-refractivity contribution in [1.29, 1.82) is 0 Å². The molecule has 2 nitrogen and oxygen atoms in total. The van der Waals surface area contributed by atoms with Crippen LogP contribution >= 0.6 is 12.2 Å². The third-order valence-corrected chi connectivity index (χ3v) is 1.35. The van der Waals surface area contributed by atoms with E-state index in [0.29, 0.717) is 11.5 Å². The van der Waals surface area contributed by atoms with Crippen LogP contribution in [0.4, 0.5) is 0 Å². The van der Waals surface area contributed by atoms with Crippen molar-refractivity contribution in [3.8, 4) is 12.3 Å². The summed E-state index contributed by atoms with van der Waals surface area (Å²) >= 11 is 4.85. The van der Waals surface area contributed by atoms with E-state index in [1.807, 2.05) is 6.92 Å². The fraction of sp³-hybridized carbons (Fsp3) is 0.571. The zero-order chi connectivity index (χ0) is 7.98. The van der Waals surface area contributed by atoms with Gasteiger partial charge in [-0.2, -0.15) is 0 Å². The van der Waals surface area contributed by atoms with Crippen molar-refractivity contribution in [3.63, 3.8) is 0 Å². The monoisotopic (exact) mass is 156 g/mol. The van der Waals surface area contributed by atoms with E-state index in [4.69, 9.17) is 18.6 Å². The summed E-state index contributed by atoms with van der Waals surface area (Å²) in [7, 11) is 1.78. The van der Waals surface area contributed by atoms with Crippen molar-refractivity contribution in [2.45, 2.75) is 19.4 Å². The Balaban J connectivity index is 3.49. The molecule has 0 amide bonds. The van der Waals surface area contributed by atoms with Crippen LogP contribution in [0.25, 0.3) is 0 Å². The van der Waals surface area contributed by atoms with Crippen LogP contribution in [0.5, 0.6) is 0 Å². The maximum atomic E-state index is 5.09. The van der Waals surface area contributed by atoms with Crippen LogP contribution in [-0.4, -0.2) is 18.2 Å². The van der Waals surface area contributed by atoms with Gasteiger partial charge in [0.2, 0.25) is 0 Å². The second kappa shape index (κ2) is 5.07. The van der Waals surface area contributed by atoms with E-state index in [9.17, 15) is 0 Å². The maximum absolute atomic E-state index is 5.09. The van der Waals surface area contributed by atoms with Crippen LogP contribution in [0.15, 0.2) is 0 Å². The van der Waals surface area contributed by atoms with E-state index in [1.54, 1.807) is 7.05 Å². The Hall–Kier alpha value is -0.750. The molecule has 3 heteroatoms. The number of hydrogen-bond donors (Lipinski definition) is 2. The normalized spacial score (nSPS) is 11.3. The van der Waals surface area contributed by atoms with Crippen molar-refractivity contribution < 1.29 is 0 Å². The molecule has 1 atom stereocenters. The van der Waals surface area contributed by atoms with Gasteiger partial charge in [-0.05, 0) is 19.1 Å². The lowest BCUT2D eigenvalue weighted by atomic mass is 10.2. The van der Waals surface area contributed by atoms with E-state index in [1.165, 1.54) is 0 Å². The Morgan fingerprint density at radius 2 is 2.40 bits per heavy atom. The number of nitrogens with one attached hydrogen (secondary N) is 2. The largest absolute Gasteiger partial charge is 0.366 e. The molecular formula is C7H12N2S. The predicted octanol–water partition coefficient (Wildman–Crippen LogP) is 0.492. The van der Waals surface area contributed by atoms with Crippen molar-refractivity contribution >= 4 is 17.3 Å². The summed E-state index contributed by atoms with van der Waals surface area (Å²) in [6.07, 6.45) is 5.79. The zero-order valence-corrected chi connectivity index (χ0v) is 7.09. The standard InChI is InChI=1S/C7H12N2S/c1-4-5-6(2)9-7(10)8-3/h1,6H,5H2,2-3H3,(H2,8,9,10). The molecule has 0 aliphatic heterocycles. The minimum atomic E-state index is 0.255. The summed E-state index contributed by atoms with van der Waals surface area (Å²) in [6.45, 7) is 1.99. The lowest BCUT2D eigenvalue weighted by Gasteiger charge is -2.11.